The molecule has 1 aliphatic rings. The van der Waals surface area contributed by atoms with Gasteiger partial charge in [-0.1, -0.05) is 19.9 Å². The molecule has 1 aliphatic heterocycles. The van der Waals surface area contributed by atoms with E-state index in [9.17, 15) is 15.0 Å². The van der Waals surface area contributed by atoms with Crippen molar-refractivity contribution in [3.8, 4) is 5.75 Å². The quantitative estimate of drug-likeness (QED) is 0.660. The lowest BCUT2D eigenvalue weighted by molar-refractivity contribution is 0.0140. The number of ether oxygens (including phenoxy) is 1. The highest BCUT2D eigenvalue weighted by Crippen LogP contribution is 2.38. The van der Waals surface area contributed by atoms with Crippen molar-refractivity contribution < 1.29 is 19.7 Å². The van der Waals surface area contributed by atoms with Gasteiger partial charge in [0.15, 0.2) is 5.84 Å². The fraction of sp³-hybridized carbons (Fsp3) is 0.467. The third-order valence-corrected chi connectivity index (χ3v) is 3.24. The second-order valence-electron chi connectivity index (χ2n) is 4.62. The number of nitrogens with zero attached hydrogens (tertiary/aromatic N) is 1. The number of aliphatic hydroxyl groups excluding tert-OH is 2. The van der Waals surface area contributed by atoms with Crippen molar-refractivity contribution in [1.29, 1.82) is 5.41 Å². The molecule has 0 spiro atoms. The molecule has 0 saturated carbocycles. The molecule has 0 atom stereocenters. The number of amidine groups is 1. The molecule has 122 valence electrons. The molecule has 0 saturated heterocycles. The number of anilines is 1. The van der Waals surface area contributed by atoms with E-state index in [4.69, 9.17) is 10.1 Å². The number of urea groups is 1. The first kappa shape index (κ1) is 17.9. The van der Waals surface area contributed by atoms with Crippen LogP contribution in [0.3, 0.4) is 0 Å². The molecule has 0 unspecified atom stereocenters. The lowest BCUT2D eigenvalue weighted by Crippen LogP contribution is -2.62. The number of hydrogen-bond acceptors (Lipinski definition) is 5. The van der Waals surface area contributed by atoms with Crippen molar-refractivity contribution in [2.24, 2.45) is 0 Å². The normalized spacial score (nSPS) is 15.2. The zero-order chi connectivity index (χ0) is 16.9. The molecule has 1 aromatic rings. The van der Waals surface area contributed by atoms with Gasteiger partial charge in [0.25, 0.3) is 0 Å². The fourth-order valence-corrected chi connectivity index (χ4v) is 2.06. The number of nitrogens with one attached hydrogen (secondary N) is 2. The predicted octanol–water partition coefficient (Wildman–Crippen LogP) is 1.26. The molecule has 0 aliphatic carbocycles. The lowest BCUT2D eigenvalue weighted by atomic mass is 9.99. The molecule has 0 radical (unpaired) electrons. The molecule has 7 heteroatoms. The minimum absolute atomic E-state index is 0.306. The van der Waals surface area contributed by atoms with E-state index in [1.165, 1.54) is 7.05 Å². The summed E-state index contributed by atoms with van der Waals surface area (Å²) in [6, 6.07) is 4.61. The van der Waals surface area contributed by atoms with E-state index in [1.807, 2.05) is 20.8 Å². The van der Waals surface area contributed by atoms with Crippen molar-refractivity contribution in [2.45, 2.75) is 26.4 Å². The molecular formula is C15H23N3O4. The number of benzene rings is 1. The van der Waals surface area contributed by atoms with Crippen LogP contribution in [0.1, 0.15) is 19.4 Å². The number of fused-ring (bicyclic) bond motifs is 1. The summed E-state index contributed by atoms with van der Waals surface area (Å²) >= 11 is 0. The summed E-state index contributed by atoms with van der Waals surface area (Å²) in [4.78, 5) is 13.1. The van der Waals surface area contributed by atoms with Crippen LogP contribution in [-0.4, -0.2) is 47.9 Å². The van der Waals surface area contributed by atoms with E-state index < -0.39 is 24.8 Å². The average Bonchev–Trinajstić information content (AvgIpc) is 2.56. The van der Waals surface area contributed by atoms with Gasteiger partial charge in [0, 0.05) is 7.05 Å². The van der Waals surface area contributed by atoms with Crippen LogP contribution in [-0.2, 0) is 0 Å². The third kappa shape index (κ3) is 2.90. The largest absolute Gasteiger partial charge is 0.472 e. The fourth-order valence-electron chi connectivity index (χ4n) is 2.06. The van der Waals surface area contributed by atoms with E-state index >= 15 is 0 Å². The summed E-state index contributed by atoms with van der Waals surface area (Å²) in [5.41, 5.74) is -0.323. The SMILES string of the molecule is CC.CNC(=O)N1C(=N)C(CO)(CO)Oc2ccc(C)cc21. The third-order valence-electron chi connectivity index (χ3n) is 3.24. The van der Waals surface area contributed by atoms with Crippen molar-refractivity contribution in [3.63, 3.8) is 0 Å². The van der Waals surface area contributed by atoms with Crippen molar-refractivity contribution in [2.75, 3.05) is 25.2 Å². The zero-order valence-corrected chi connectivity index (χ0v) is 13.3. The highest BCUT2D eigenvalue weighted by molar-refractivity contribution is 6.20. The number of amides is 2. The van der Waals surface area contributed by atoms with Gasteiger partial charge >= 0.3 is 6.03 Å². The Morgan fingerprint density at radius 1 is 1.36 bits per heavy atom. The Morgan fingerprint density at radius 2 is 1.95 bits per heavy atom. The first-order chi connectivity index (χ1) is 10.5. The van der Waals surface area contributed by atoms with Crippen LogP contribution in [0.25, 0.3) is 0 Å². The zero-order valence-electron chi connectivity index (χ0n) is 13.3. The lowest BCUT2D eigenvalue weighted by Gasteiger charge is -2.41. The summed E-state index contributed by atoms with van der Waals surface area (Å²) in [7, 11) is 1.44. The number of carbonyl (C=O) groups is 1. The van der Waals surface area contributed by atoms with Gasteiger partial charge in [-0.05, 0) is 24.6 Å². The highest BCUT2D eigenvalue weighted by atomic mass is 16.5. The Labute approximate surface area is 130 Å². The van der Waals surface area contributed by atoms with E-state index in [0.29, 0.717) is 11.4 Å². The van der Waals surface area contributed by atoms with Crippen LogP contribution < -0.4 is 15.0 Å². The predicted molar refractivity (Wildman–Crippen MR) is 84.7 cm³/mol. The van der Waals surface area contributed by atoms with E-state index in [-0.39, 0.29) is 5.84 Å². The molecule has 1 aromatic carbocycles. The van der Waals surface area contributed by atoms with Crippen LogP contribution in [0.5, 0.6) is 5.75 Å². The Hall–Kier alpha value is -2.12. The molecule has 0 fully saturated rings. The summed E-state index contributed by atoms with van der Waals surface area (Å²) in [5, 5.41) is 29.5. The van der Waals surface area contributed by atoms with Gasteiger partial charge < -0.3 is 20.3 Å². The molecule has 2 amide bonds. The van der Waals surface area contributed by atoms with Crippen molar-refractivity contribution >= 4 is 17.6 Å². The maximum Gasteiger partial charge on any atom is 0.327 e. The minimum Gasteiger partial charge on any atom is -0.472 e. The van der Waals surface area contributed by atoms with Crippen LogP contribution in [0.15, 0.2) is 18.2 Å². The maximum atomic E-state index is 12.0. The topological polar surface area (TPSA) is 106 Å². The van der Waals surface area contributed by atoms with Crippen LogP contribution in [0, 0.1) is 12.3 Å². The first-order valence-corrected chi connectivity index (χ1v) is 7.11. The van der Waals surface area contributed by atoms with Crippen LogP contribution in [0.4, 0.5) is 10.5 Å². The maximum absolute atomic E-state index is 12.0. The van der Waals surface area contributed by atoms with Crippen molar-refractivity contribution in [3.05, 3.63) is 23.8 Å². The van der Waals surface area contributed by atoms with Gasteiger partial charge in [-0.2, -0.15) is 0 Å². The second kappa shape index (κ2) is 7.24. The Kier molecular flexibility index (Phi) is 5.90. The first-order valence-electron chi connectivity index (χ1n) is 7.11. The van der Waals surface area contributed by atoms with Gasteiger partial charge in [0.1, 0.15) is 5.75 Å². The van der Waals surface area contributed by atoms with E-state index in [1.54, 1.807) is 18.2 Å². The monoisotopic (exact) mass is 309 g/mol. The van der Waals surface area contributed by atoms with E-state index in [2.05, 4.69) is 5.32 Å². The van der Waals surface area contributed by atoms with Gasteiger partial charge in [0.05, 0.1) is 18.9 Å². The number of carbonyl (C=O) groups excluding carboxylic acids is 1. The molecular weight excluding hydrogens is 286 g/mol. The van der Waals surface area contributed by atoms with Gasteiger partial charge in [-0.3, -0.25) is 5.41 Å². The van der Waals surface area contributed by atoms with Crippen LogP contribution >= 0.6 is 0 Å². The van der Waals surface area contributed by atoms with Gasteiger partial charge in [-0.25, -0.2) is 9.69 Å². The summed E-state index contributed by atoms with van der Waals surface area (Å²) in [6.07, 6.45) is 0. The average molecular weight is 309 g/mol. The van der Waals surface area contributed by atoms with Gasteiger partial charge in [-0.15, -0.1) is 0 Å². The number of hydrogen-bond donors (Lipinski definition) is 4. The Bertz CT molecular complexity index is 556. The number of rotatable bonds is 2. The summed E-state index contributed by atoms with van der Waals surface area (Å²) in [6.45, 7) is 4.64. The minimum atomic E-state index is -1.63. The highest BCUT2D eigenvalue weighted by Gasteiger charge is 2.47. The molecule has 2 rings (SSSR count). The second-order valence-corrected chi connectivity index (χ2v) is 4.62. The van der Waals surface area contributed by atoms with Crippen molar-refractivity contribution in [1.82, 2.24) is 5.32 Å². The van der Waals surface area contributed by atoms with Crippen LogP contribution in [0.2, 0.25) is 0 Å². The van der Waals surface area contributed by atoms with E-state index in [0.717, 1.165) is 10.5 Å². The molecule has 4 N–H and O–H groups in total. The molecule has 0 bridgehead atoms. The standard InChI is InChI=1S/C13H17N3O4.C2H6/c1-8-3-4-10-9(5-8)16(12(19)15-2)11(14)13(6-17,7-18)20-10;1-2/h3-5,14,17-18H,6-7H2,1-2H3,(H,15,19);1-2H3. The number of aliphatic hydroxyl groups is 2. The number of aryl methyl sites for hydroxylation is 1. The molecule has 1 heterocycles. The summed E-state index contributed by atoms with van der Waals surface area (Å²) in [5.74, 6) is 0.0262. The molecule has 22 heavy (non-hydrogen) atoms. The summed E-state index contributed by atoms with van der Waals surface area (Å²) < 4.78 is 5.56. The smallest absolute Gasteiger partial charge is 0.327 e. The Morgan fingerprint density at radius 3 is 2.45 bits per heavy atom. The van der Waals surface area contributed by atoms with Gasteiger partial charge in [0.2, 0.25) is 5.60 Å². The molecule has 0 aromatic heterocycles. The molecule has 7 nitrogen and oxygen atoms in total. The Balaban J connectivity index is 0.00000116.